The molecule has 1 fully saturated rings. The van der Waals surface area contributed by atoms with Crippen LogP contribution in [0.15, 0.2) is 24.3 Å². The lowest BCUT2D eigenvalue weighted by Gasteiger charge is -2.28. The van der Waals surface area contributed by atoms with Gasteiger partial charge in [-0.2, -0.15) is 0 Å². The van der Waals surface area contributed by atoms with Gasteiger partial charge >= 0.3 is 5.97 Å². The highest BCUT2D eigenvalue weighted by molar-refractivity contribution is 5.89. The van der Waals surface area contributed by atoms with Gasteiger partial charge in [-0.05, 0) is 30.0 Å². The van der Waals surface area contributed by atoms with Gasteiger partial charge in [-0.25, -0.2) is 4.79 Å². The molecule has 1 saturated heterocycles. The van der Waals surface area contributed by atoms with Crippen LogP contribution in [-0.4, -0.2) is 49.8 Å². The number of rotatable bonds is 4. The third-order valence-corrected chi connectivity index (χ3v) is 3.91. The summed E-state index contributed by atoms with van der Waals surface area (Å²) in [6.45, 7) is 12.5. The van der Waals surface area contributed by atoms with Crippen molar-refractivity contribution in [3.63, 3.8) is 0 Å². The van der Waals surface area contributed by atoms with E-state index in [4.69, 9.17) is 9.47 Å². The van der Waals surface area contributed by atoms with Crippen LogP contribution < -0.4 is 0 Å². The quantitative estimate of drug-likeness (QED) is 0.802. The van der Waals surface area contributed by atoms with Crippen LogP contribution in [0.4, 0.5) is 0 Å². The van der Waals surface area contributed by atoms with Gasteiger partial charge in [-0.3, -0.25) is 4.90 Å². The van der Waals surface area contributed by atoms with E-state index < -0.39 is 0 Å². The lowest BCUT2D eigenvalue weighted by molar-refractivity contribution is 0.000444. The molecule has 0 aromatic heterocycles. The fourth-order valence-electron chi connectivity index (χ4n) is 2.54. The highest BCUT2D eigenvalue weighted by atomic mass is 16.5. The van der Waals surface area contributed by atoms with Gasteiger partial charge in [0, 0.05) is 19.6 Å². The van der Waals surface area contributed by atoms with Crippen LogP contribution in [0, 0.1) is 0 Å². The Morgan fingerprint density at radius 3 is 2.36 bits per heavy atom. The number of nitrogens with zero attached hydrogens (tertiary/aromatic N) is 1. The first-order valence-corrected chi connectivity index (χ1v) is 7.98. The van der Waals surface area contributed by atoms with Crippen LogP contribution in [0.25, 0.3) is 0 Å². The maximum absolute atomic E-state index is 12.2. The number of carbonyl (C=O) groups excluding carboxylic acids is 1. The number of benzene rings is 1. The molecule has 0 spiro atoms. The van der Waals surface area contributed by atoms with Gasteiger partial charge in [0.05, 0.1) is 18.8 Å². The van der Waals surface area contributed by atoms with Gasteiger partial charge in [0.25, 0.3) is 0 Å². The maximum atomic E-state index is 12.2. The van der Waals surface area contributed by atoms with E-state index in [9.17, 15) is 4.79 Å². The summed E-state index contributed by atoms with van der Waals surface area (Å²) in [5.74, 6) is -0.249. The van der Waals surface area contributed by atoms with Crippen LogP contribution in [-0.2, 0) is 14.9 Å². The van der Waals surface area contributed by atoms with Gasteiger partial charge in [0.1, 0.15) is 6.10 Å². The molecule has 122 valence electrons. The first-order valence-electron chi connectivity index (χ1n) is 7.98. The zero-order valence-electron chi connectivity index (χ0n) is 14.1. The van der Waals surface area contributed by atoms with Crippen molar-refractivity contribution in [1.82, 2.24) is 4.90 Å². The third kappa shape index (κ3) is 4.82. The molecule has 0 bridgehead atoms. The summed E-state index contributed by atoms with van der Waals surface area (Å²) in [5.41, 5.74) is 1.92. The molecule has 0 saturated carbocycles. The van der Waals surface area contributed by atoms with E-state index in [-0.39, 0.29) is 17.5 Å². The standard InChI is InChI=1S/C18H27NO3/c1-14(13-19-9-11-21-12-10-19)22-17(20)15-5-7-16(8-6-15)18(2,3)4/h5-8,14H,9-13H2,1-4H3/t14-/m1/s1. The Hall–Kier alpha value is -1.39. The highest BCUT2D eigenvalue weighted by Crippen LogP contribution is 2.22. The van der Waals surface area contributed by atoms with E-state index in [2.05, 4.69) is 25.7 Å². The van der Waals surface area contributed by atoms with Crippen molar-refractivity contribution in [1.29, 1.82) is 0 Å². The smallest absolute Gasteiger partial charge is 0.338 e. The largest absolute Gasteiger partial charge is 0.458 e. The second kappa shape index (κ2) is 7.25. The number of morpholine rings is 1. The van der Waals surface area contributed by atoms with Gasteiger partial charge < -0.3 is 9.47 Å². The Kier molecular flexibility index (Phi) is 5.59. The summed E-state index contributed by atoms with van der Waals surface area (Å²) in [6, 6.07) is 7.71. The molecule has 1 heterocycles. The summed E-state index contributed by atoms with van der Waals surface area (Å²) in [4.78, 5) is 14.5. The molecule has 1 aromatic carbocycles. The predicted molar refractivity (Wildman–Crippen MR) is 87.3 cm³/mol. The molecule has 22 heavy (non-hydrogen) atoms. The zero-order chi connectivity index (χ0) is 16.2. The van der Waals surface area contributed by atoms with Crippen molar-refractivity contribution in [2.75, 3.05) is 32.8 Å². The average Bonchev–Trinajstić information content (AvgIpc) is 2.47. The van der Waals surface area contributed by atoms with Gasteiger partial charge in [0.2, 0.25) is 0 Å². The molecular formula is C18H27NO3. The molecule has 0 N–H and O–H groups in total. The van der Waals surface area contributed by atoms with E-state index in [0.29, 0.717) is 5.56 Å². The highest BCUT2D eigenvalue weighted by Gasteiger charge is 2.18. The second-order valence-corrected chi connectivity index (χ2v) is 6.96. The molecule has 0 unspecified atom stereocenters. The van der Waals surface area contributed by atoms with Crippen LogP contribution in [0.2, 0.25) is 0 Å². The molecule has 1 aliphatic heterocycles. The second-order valence-electron chi connectivity index (χ2n) is 6.96. The molecule has 0 aliphatic carbocycles. The molecule has 2 rings (SSSR count). The minimum atomic E-state index is -0.249. The molecular weight excluding hydrogens is 278 g/mol. The Balaban J connectivity index is 1.88. The van der Waals surface area contributed by atoms with Crippen LogP contribution in [0.5, 0.6) is 0 Å². The first-order chi connectivity index (χ1) is 10.4. The number of esters is 1. The van der Waals surface area contributed by atoms with Crippen molar-refractivity contribution >= 4 is 5.97 Å². The molecule has 4 heteroatoms. The van der Waals surface area contributed by atoms with E-state index in [1.54, 1.807) is 0 Å². The third-order valence-electron chi connectivity index (χ3n) is 3.91. The van der Waals surface area contributed by atoms with Crippen molar-refractivity contribution < 1.29 is 14.3 Å². The van der Waals surface area contributed by atoms with Crippen LogP contribution in [0.1, 0.15) is 43.6 Å². The topological polar surface area (TPSA) is 38.8 Å². The summed E-state index contributed by atoms with van der Waals surface area (Å²) in [5, 5.41) is 0. The number of carbonyl (C=O) groups is 1. The van der Waals surface area contributed by atoms with Gasteiger partial charge in [-0.1, -0.05) is 32.9 Å². The maximum Gasteiger partial charge on any atom is 0.338 e. The van der Waals surface area contributed by atoms with Crippen LogP contribution in [0.3, 0.4) is 0 Å². The van der Waals surface area contributed by atoms with Crippen molar-refractivity contribution in [3.05, 3.63) is 35.4 Å². The molecule has 0 radical (unpaired) electrons. The Morgan fingerprint density at radius 2 is 1.82 bits per heavy atom. The lowest BCUT2D eigenvalue weighted by Crippen LogP contribution is -2.41. The first kappa shape index (κ1) is 17.0. The SMILES string of the molecule is C[C@H](CN1CCOCC1)OC(=O)c1ccc(C(C)(C)C)cc1. The minimum absolute atomic E-state index is 0.0893. The number of hydrogen-bond acceptors (Lipinski definition) is 4. The minimum Gasteiger partial charge on any atom is -0.458 e. The number of hydrogen-bond donors (Lipinski definition) is 0. The molecule has 0 amide bonds. The van der Waals surface area contributed by atoms with Gasteiger partial charge in [0.15, 0.2) is 0 Å². The van der Waals surface area contributed by atoms with Gasteiger partial charge in [-0.15, -0.1) is 0 Å². The normalized spacial score (nSPS) is 18.0. The van der Waals surface area contributed by atoms with Crippen molar-refractivity contribution in [2.24, 2.45) is 0 Å². The van der Waals surface area contributed by atoms with E-state index >= 15 is 0 Å². The van der Waals surface area contributed by atoms with E-state index in [0.717, 1.165) is 32.8 Å². The summed E-state index contributed by atoms with van der Waals surface area (Å²) >= 11 is 0. The lowest BCUT2D eigenvalue weighted by atomic mass is 9.87. The summed E-state index contributed by atoms with van der Waals surface area (Å²) < 4.78 is 10.9. The molecule has 1 atom stereocenters. The number of ether oxygens (including phenoxy) is 2. The predicted octanol–water partition coefficient (Wildman–Crippen LogP) is 2.86. The molecule has 1 aromatic rings. The summed E-state index contributed by atoms with van der Waals surface area (Å²) in [7, 11) is 0. The molecule has 1 aliphatic rings. The fraction of sp³-hybridized carbons (Fsp3) is 0.611. The van der Waals surface area contributed by atoms with Crippen molar-refractivity contribution in [3.8, 4) is 0 Å². The van der Waals surface area contributed by atoms with Crippen LogP contribution >= 0.6 is 0 Å². The van der Waals surface area contributed by atoms with E-state index in [1.165, 1.54) is 5.56 Å². The molecule has 4 nitrogen and oxygen atoms in total. The Morgan fingerprint density at radius 1 is 1.23 bits per heavy atom. The summed E-state index contributed by atoms with van der Waals surface area (Å²) in [6.07, 6.45) is -0.118. The monoisotopic (exact) mass is 305 g/mol. The fourth-order valence-corrected chi connectivity index (χ4v) is 2.54. The Labute approximate surface area is 133 Å². The van der Waals surface area contributed by atoms with E-state index in [1.807, 2.05) is 31.2 Å². The Bertz CT molecular complexity index is 484. The van der Waals surface area contributed by atoms with Crippen molar-refractivity contribution in [2.45, 2.75) is 39.2 Å². The zero-order valence-corrected chi connectivity index (χ0v) is 14.1. The average molecular weight is 305 g/mol.